The smallest absolute Gasteiger partial charge is 0.270 e. The fourth-order valence-corrected chi connectivity index (χ4v) is 5.01. The summed E-state index contributed by atoms with van der Waals surface area (Å²) >= 11 is 0. The number of furan rings is 1. The van der Waals surface area contributed by atoms with Gasteiger partial charge in [-0.15, -0.1) is 0 Å². The molecule has 1 aliphatic heterocycles. The van der Waals surface area contributed by atoms with Crippen LogP contribution in [0.25, 0.3) is 17.4 Å². The Morgan fingerprint density at radius 3 is 2.44 bits per heavy atom. The summed E-state index contributed by atoms with van der Waals surface area (Å²) in [5.74, 6) is 0.550. The van der Waals surface area contributed by atoms with Crippen LogP contribution in [0.15, 0.2) is 76.1 Å². The van der Waals surface area contributed by atoms with Crippen LogP contribution in [0, 0.1) is 10.1 Å². The zero-order valence-electron chi connectivity index (χ0n) is 17.0. The van der Waals surface area contributed by atoms with E-state index >= 15 is 0 Å². The maximum absolute atomic E-state index is 12.6. The lowest BCUT2D eigenvalue weighted by molar-refractivity contribution is -0.384. The lowest BCUT2D eigenvalue weighted by atomic mass is 10.1. The van der Waals surface area contributed by atoms with Crippen LogP contribution in [-0.4, -0.2) is 36.5 Å². The van der Waals surface area contributed by atoms with Crippen LogP contribution < -0.4 is 0 Å². The molecule has 8 nitrogen and oxygen atoms in total. The first-order valence-corrected chi connectivity index (χ1v) is 11.5. The van der Waals surface area contributed by atoms with E-state index < -0.39 is 14.9 Å². The second kappa shape index (κ2) is 8.89. The van der Waals surface area contributed by atoms with Crippen molar-refractivity contribution < 1.29 is 22.6 Å². The molecule has 3 aromatic rings. The van der Waals surface area contributed by atoms with Crippen LogP contribution in [0.2, 0.25) is 0 Å². The average molecular weight is 452 g/mol. The first-order valence-electron chi connectivity index (χ1n) is 10.0. The van der Waals surface area contributed by atoms with Crippen LogP contribution in [0.4, 0.5) is 5.69 Å². The number of rotatable bonds is 7. The van der Waals surface area contributed by atoms with Crippen molar-refractivity contribution >= 4 is 27.6 Å². The first kappa shape index (κ1) is 21.7. The predicted octanol–water partition coefficient (Wildman–Crippen LogP) is 4.54. The number of hydrogen-bond acceptors (Lipinski definition) is 6. The Morgan fingerprint density at radius 2 is 1.75 bits per heavy atom. The van der Waals surface area contributed by atoms with E-state index in [4.69, 9.17) is 4.42 Å². The number of carbonyl (C=O) groups is 1. The van der Waals surface area contributed by atoms with E-state index in [0.717, 1.165) is 12.8 Å². The van der Waals surface area contributed by atoms with Gasteiger partial charge >= 0.3 is 0 Å². The van der Waals surface area contributed by atoms with Crippen LogP contribution in [0.3, 0.4) is 0 Å². The van der Waals surface area contributed by atoms with E-state index in [1.54, 1.807) is 24.3 Å². The normalized spacial score (nSPS) is 14.8. The van der Waals surface area contributed by atoms with E-state index in [0.29, 0.717) is 35.7 Å². The fraction of sp³-hybridized carbons (Fsp3) is 0.174. The van der Waals surface area contributed by atoms with Crippen LogP contribution >= 0.6 is 0 Å². The van der Waals surface area contributed by atoms with Crippen molar-refractivity contribution in [3.63, 3.8) is 0 Å². The van der Waals surface area contributed by atoms with E-state index in [2.05, 4.69) is 0 Å². The molecule has 0 radical (unpaired) electrons. The minimum absolute atomic E-state index is 0.0404. The number of allylic oxidation sites excluding steroid dienone is 1. The molecule has 0 saturated carbocycles. The van der Waals surface area contributed by atoms with Crippen LogP contribution in [-0.2, 0) is 10.0 Å². The molecule has 164 valence electrons. The monoisotopic (exact) mass is 452 g/mol. The Bertz CT molecular complexity index is 1290. The SMILES string of the molecule is O=C(C=Cc1ccc(-c2cccc([N+](=O)[O-])c2)o1)c1ccc(S(=O)(=O)N2CCCC2)cc1. The lowest BCUT2D eigenvalue weighted by Crippen LogP contribution is -2.27. The van der Waals surface area contributed by atoms with Crippen molar-refractivity contribution in [2.75, 3.05) is 13.1 Å². The average Bonchev–Trinajstić information content (AvgIpc) is 3.50. The van der Waals surface area contributed by atoms with Crippen molar-refractivity contribution in [3.8, 4) is 11.3 Å². The van der Waals surface area contributed by atoms with Gasteiger partial charge in [0.25, 0.3) is 5.69 Å². The number of benzene rings is 2. The quantitative estimate of drug-likeness (QED) is 0.225. The molecule has 2 aromatic carbocycles. The third kappa shape index (κ3) is 4.53. The van der Waals surface area contributed by atoms with Crippen molar-refractivity contribution in [2.24, 2.45) is 0 Å². The van der Waals surface area contributed by atoms with Gasteiger partial charge in [0.1, 0.15) is 11.5 Å². The molecule has 0 unspecified atom stereocenters. The Balaban J connectivity index is 1.46. The largest absolute Gasteiger partial charge is 0.457 e. The summed E-state index contributed by atoms with van der Waals surface area (Å²) in [5.41, 5.74) is 0.869. The molecule has 0 amide bonds. The summed E-state index contributed by atoms with van der Waals surface area (Å²) in [6.07, 6.45) is 4.55. The summed E-state index contributed by atoms with van der Waals surface area (Å²) in [7, 11) is -3.52. The third-order valence-electron chi connectivity index (χ3n) is 5.21. The number of non-ortho nitro benzene ring substituents is 1. The molecule has 1 aromatic heterocycles. The van der Waals surface area contributed by atoms with Gasteiger partial charge in [0, 0.05) is 36.3 Å². The number of nitrogens with zero attached hydrogens (tertiary/aromatic N) is 2. The van der Waals surface area contributed by atoms with Crippen LogP contribution in [0.5, 0.6) is 0 Å². The molecular formula is C23H20N2O6S. The number of nitro groups is 1. The van der Waals surface area contributed by atoms with E-state index in [-0.39, 0.29) is 16.4 Å². The summed E-state index contributed by atoms with van der Waals surface area (Å²) in [6, 6.07) is 15.3. The molecule has 9 heteroatoms. The molecule has 0 spiro atoms. The third-order valence-corrected chi connectivity index (χ3v) is 7.12. The van der Waals surface area contributed by atoms with Crippen molar-refractivity contribution in [2.45, 2.75) is 17.7 Å². The van der Waals surface area contributed by atoms with Crippen molar-refractivity contribution in [3.05, 3.63) is 88.2 Å². The minimum atomic E-state index is -3.52. The van der Waals surface area contributed by atoms with Gasteiger partial charge in [-0.05, 0) is 61.4 Å². The number of sulfonamides is 1. The molecule has 1 saturated heterocycles. The molecule has 0 N–H and O–H groups in total. The van der Waals surface area contributed by atoms with Gasteiger partial charge in [0.05, 0.1) is 9.82 Å². The molecule has 0 aliphatic carbocycles. The molecular weight excluding hydrogens is 432 g/mol. The zero-order chi connectivity index (χ0) is 22.7. The Labute approximate surface area is 185 Å². The Morgan fingerprint density at radius 1 is 1.03 bits per heavy atom. The highest BCUT2D eigenvalue weighted by Crippen LogP contribution is 2.26. The summed E-state index contributed by atoms with van der Waals surface area (Å²) in [5, 5.41) is 10.9. The predicted molar refractivity (Wildman–Crippen MR) is 119 cm³/mol. The van der Waals surface area contributed by atoms with Gasteiger partial charge in [0.15, 0.2) is 5.78 Å². The Kier molecular flexibility index (Phi) is 6.02. The topological polar surface area (TPSA) is 111 Å². The summed E-state index contributed by atoms with van der Waals surface area (Å²) < 4.78 is 32.3. The van der Waals surface area contributed by atoms with Gasteiger partial charge in [-0.1, -0.05) is 12.1 Å². The molecule has 0 atom stereocenters. The highest BCUT2D eigenvalue weighted by molar-refractivity contribution is 7.89. The fourth-order valence-electron chi connectivity index (χ4n) is 3.49. The molecule has 2 heterocycles. The highest BCUT2D eigenvalue weighted by Gasteiger charge is 2.27. The summed E-state index contributed by atoms with van der Waals surface area (Å²) in [4.78, 5) is 23.1. The van der Waals surface area contributed by atoms with E-state index in [9.17, 15) is 23.3 Å². The number of ketones is 1. The lowest BCUT2D eigenvalue weighted by Gasteiger charge is -2.15. The second-order valence-electron chi connectivity index (χ2n) is 7.34. The minimum Gasteiger partial charge on any atom is -0.457 e. The number of hydrogen-bond donors (Lipinski definition) is 0. The summed E-state index contributed by atoms with van der Waals surface area (Å²) in [6.45, 7) is 1.04. The molecule has 1 aliphatic rings. The van der Waals surface area contributed by atoms with Gasteiger partial charge in [-0.2, -0.15) is 4.31 Å². The maximum Gasteiger partial charge on any atom is 0.270 e. The molecule has 1 fully saturated rings. The number of nitro benzene ring substituents is 1. The standard InChI is InChI=1S/C23H20N2O6S/c26-22(17-6-10-21(11-7-17)32(29,30)24-14-1-2-15-24)12-8-20-9-13-23(31-20)18-4-3-5-19(16-18)25(27)28/h3-13,16H,1-2,14-15H2. The van der Waals surface area contributed by atoms with Gasteiger partial charge in [-0.3, -0.25) is 14.9 Å². The first-order chi connectivity index (χ1) is 15.3. The van der Waals surface area contributed by atoms with Crippen molar-refractivity contribution in [1.82, 2.24) is 4.31 Å². The van der Waals surface area contributed by atoms with E-state index in [1.807, 2.05) is 0 Å². The van der Waals surface area contributed by atoms with E-state index in [1.165, 1.54) is 52.9 Å². The molecule has 4 rings (SSSR count). The van der Waals surface area contributed by atoms with Crippen molar-refractivity contribution in [1.29, 1.82) is 0 Å². The molecule has 32 heavy (non-hydrogen) atoms. The molecule has 0 bridgehead atoms. The number of carbonyl (C=O) groups excluding carboxylic acids is 1. The second-order valence-corrected chi connectivity index (χ2v) is 9.28. The van der Waals surface area contributed by atoms with Gasteiger partial charge < -0.3 is 4.42 Å². The highest BCUT2D eigenvalue weighted by atomic mass is 32.2. The Hall–Kier alpha value is -3.56. The van der Waals surface area contributed by atoms with Gasteiger partial charge in [0.2, 0.25) is 10.0 Å². The van der Waals surface area contributed by atoms with Gasteiger partial charge in [-0.25, -0.2) is 8.42 Å². The zero-order valence-corrected chi connectivity index (χ0v) is 17.8. The maximum atomic E-state index is 12.6. The van der Waals surface area contributed by atoms with Crippen LogP contribution in [0.1, 0.15) is 29.0 Å².